The molecule has 1 saturated heterocycles. The minimum Gasteiger partial charge on any atom is -0.376 e. The van der Waals surface area contributed by atoms with Crippen molar-refractivity contribution in [3.63, 3.8) is 0 Å². The number of benzene rings is 1. The molecule has 0 aliphatic carbocycles. The van der Waals surface area contributed by atoms with Crippen LogP contribution in [0.1, 0.15) is 26.7 Å². The topological polar surface area (TPSA) is 84.5 Å². The average molecular weight is 419 g/mol. The number of hydrogen-bond donors (Lipinski definition) is 2. The van der Waals surface area contributed by atoms with Crippen LogP contribution in [-0.2, 0) is 19.6 Å². The van der Waals surface area contributed by atoms with Crippen LogP contribution in [0.2, 0.25) is 0 Å². The Hall–Kier alpha value is -0.960. The van der Waals surface area contributed by atoms with E-state index in [0.717, 1.165) is 17.3 Å². The zero-order chi connectivity index (χ0) is 17.7. The molecule has 6 nitrogen and oxygen atoms in total. The van der Waals surface area contributed by atoms with Gasteiger partial charge in [0, 0.05) is 17.6 Å². The molecule has 0 aromatic heterocycles. The number of nitrogens with one attached hydrogen (secondary N) is 2. The van der Waals surface area contributed by atoms with Crippen LogP contribution < -0.4 is 10.0 Å². The first-order chi connectivity index (χ1) is 11.3. The Morgan fingerprint density at radius 2 is 2.00 bits per heavy atom. The summed E-state index contributed by atoms with van der Waals surface area (Å²) in [7, 11) is -3.77. The number of sulfonamides is 1. The van der Waals surface area contributed by atoms with Gasteiger partial charge in [-0.25, -0.2) is 8.42 Å². The summed E-state index contributed by atoms with van der Waals surface area (Å²) < 4.78 is 33.7. The third-order valence-electron chi connectivity index (χ3n) is 3.88. The molecule has 0 saturated carbocycles. The average Bonchev–Trinajstić information content (AvgIpc) is 3.04. The molecular weight excluding hydrogens is 396 g/mol. The van der Waals surface area contributed by atoms with Crippen molar-refractivity contribution in [1.82, 2.24) is 10.0 Å². The van der Waals surface area contributed by atoms with Crippen LogP contribution in [-0.4, -0.2) is 39.6 Å². The fourth-order valence-corrected chi connectivity index (χ4v) is 4.08. The molecule has 1 aromatic carbocycles. The van der Waals surface area contributed by atoms with Crippen LogP contribution in [0.5, 0.6) is 0 Å². The lowest BCUT2D eigenvalue weighted by Crippen LogP contribution is -2.50. The second kappa shape index (κ2) is 8.42. The van der Waals surface area contributed by atoms with Crippen LogP contribution in [0.3, 0.4) is 0 Å². The van der Waals surface area contributed by atoms with E-state index >= 15 is 0 Å². The largest absolute Gasteiger partial charge is 0.376 e. The Labute approximate surface area is 151 Å². The molecule has 1 amide bonds. The maximum absolute atomic E-state index is 12.5. The second-order valence-electron chi connectivity index (χ2n) is 6.18. The van der Waals surface area contributed by atoms with Gasteiger partial charge in [-0.3, -0.25) is 4.79 Å². The SMILES string of the molecule is CC(C)[C@H](NS(=O)(=O)c1ccc(Br)cc1)C(=O)NCC1CCCO1. The number of hydrogen-bond acceptors (Lipinski definition) is 4. The second-order valence-corrected chi connectivity index (χ2v) is 8.81. The molecule has 1 aliphatic heterocycles. The Bertz CT molecular complexity index is 655. The van der Waals surface area contributed by atoms with Gasteiger partial charge in [0.15, 0.2) is 0 Å². The van der Waals surface area contributed by atoms with Gasteiger partial charge in [0.05, 0.1) is 11.0 Å². The lowest BCUT2D eigenvalue weighted by Gasteiger charge is -2.22. The molecule has 134 valence electrons. The first kappa shape index (κ1) is 19.4. The van der Waals surface area contributed by atoms with Crippen molar-refractivity contribution in [3.05, 3.63) is 28.7 Å². The Morgan fingerprint density at radius 1 is 1.33 bits per heavy atom. The maximum atomic E-state index is 12.5. The standard InChI is InChI=1S/C16H23BrN2O4S/c1-11(2)15(16(20)18-10-13-4-3-9-23-13)19-24(21,22)14-7-5-12(17)6-8-14/h5-8,11,13,15,19H,3-4,9-10H2,1-2H3,(H,18,20)/t13?,15-/m0/s1. The molecule has 2 atom stereocenters. The van der Waals surface area contributed by atoms with Crippen molar-refractivity contribution >= 4 is 31.9 Å². The fourth-order valence-electron chi connectivity index (χ4n) is 2.47. The molecule has 2 N–H and O–H groups in total. The lowest BCUT2D eigenvalue weighted by molar-refractivity contribution is -0.124. The molecule has 0 bridgehead atoms. The van der Waals surface area contributed by atoms with E-state index in [1.54, 1.807) is 26.0 Å². The minimum atomic E-state index is -3.77. The summed E-state index contributed by atoms with van der Waals surface area (Å²) in [5.74, 6) is -0.513. The Morgan fingerprint density at radius 3 is 2.54 bits per heavy atom. The van der Waals surface area contributed by atoms with Crippen molar-refractivity contribution in [2.45, 2.75) is 43.7 Å². The van der Waals surface area contributed by atoms with Crippen molar-refractivity contribution in [1.29, 1.82) is 0 Å². The van der Waals surface area contributed by atoms with Crippen molar-refractivity contribution in [2.75, 3.05) is 13.2 Å². The highest BCUT2D eigenvalue weighted by Crippen LogP contribution is 2.16. The minimum absolute atomic E-state index is 0.0184. The lowest BCUT2D eigenvalue weighted by atomic mass is 10.0. The van der Waals surface area contributed by atoms with Gasteiger partial charge in [0.1, 0.15) is 6.04 Å². The monoisotopic (exact) mass is 418 g/mol. The third-order valence-corrected chi connectivity index (χ3v) is 5.87. The van der Waals surface area contributed by atoms with Gasteiger partial charge in [0.25, 0.3) is 0 Å². The van der Waals surface area contributed by atoms with E-state index in [9.17, 15) is 13.2 Å². The molecule has 2 rings (SSSR count). The number of rotatable bonds is 7. The highest BCUT2D eigenvalue weighted by Gasteiger charge is 2.29. The van der Waals surface area contributed by atoms with Crippen LogP contribution >= 0.6 is 15.9 Å². The summed E-state index contributed by atoms with van der Waals surface area (Å²) in [4.78, 5) is 12.5. The molecular formula is C16H23BrN2O4S. The number of amides is 1. The quantitative estimate of drug-likeness (QED) is 0.709. The molecule has 1 aromatic rings. The Kier molecular flexibility index (Phi) is 6.79. The molecule has 0 spiro atoms. The van der Waals surface area contributed by atoms with E-state index in [1.807, 2.05) is 0 Å². The zero-order valence-corrected chi connectivity index (χ0v) is 16.2. The van der Waals surface area contributed by atoms with E-state index in [0.29, 0.717) is 13.2 Å². The summed E-state index contributed by atoms with van der Waals surface area (Å²) in [5, 5.41) is 2.79. The van der Waals surface area contributed by atoms with Crippen molar-refractivity contribution < 1.29 is 17.9 Å². The van der Waals surface area contributed by atoms with Gasteiger partial charge >= 0.3 is 0 Å². The summed E-state index contributed by atoms with van der Waals surface area (Å²) in [5.41, 5.74) is 0. The summed E-state index contributed by atoms with van der Waals surface area (Å²) in [6.45, 7) is 4.73. The fraction of sp³-hybridized carbons (Fsp3) is 0.562. The predicted octanol–water partition coefficient (Wildman–Crippen LogP) is 2.05. The smallest absolute Gasteiger partial charge is 0.241 e. The molecule has 8 heteroatoms. The molecule has 0 radical (unpaired) electrons. The van der Waals surface area contributed by atoms with Gasteiger partial charge in [-0.05, 0) is 43.0 Å². The predicted molar refractivity (Wildman–Crippen MR) is 95.1 cm³/mol. The van der Waals surface area contributed by atoms with Crippen molar-refractivity contribution in [2.24, 2.45) is 5.92 Å². The van der Waals surface area contributed by atoms with Gasteiger partial charge in [-0.2, -0.15) is 4.72 Å². The first-order valence-corrected chi connectivity index (χ1v) is 10.2. The number of carbonyl (C=O) groups excluding carboxylic acids is 1. The highest BCUT2D eigenvalue weighted by atomic mass is 79.9. The van der Waals surface area contributed by atoms with Gasteiger partial charge < -0.3 is 10.1 Å². The molecule has 1 fully saturated rings. The van der Waals surface area contributed by atoms with E-state index in [1.165, 1.54) is 12.1 Å². The molecule has 1 aliphatic rings. The number of ether oxygens (including phenoxy) is 1. The normalized spacial score (nSPS) is 19.4. The van der Waals surface area contributed by atoms with E-state index in [-0.39, 0.29) is 22.8 Å². The number of carbonyl (C=O) groups is 1. The maximum Gasteiger partial charge on any atom is 0.241 e. The van der Waals surface area contributed by atoms with Crippen LogP contribution in [0.4, 0.5) is 0 Å². The van der Waals surface area contributed by atoms with Crippen molar-refractivity contribution in [3.8, 4) is 0 Å². The van der Waals surface area contributed by atoms with E-state index in [2.05, 4.69) is 26.0 Å². The summed E-state index contributed by atoms with van der Waals surface area (Å²) in [6, 6.07) is 5.45. The Balaban J connectivity index is 2.03. The van der Waals surface area contributed by atoms with Gasteiger partial charge in [-0.1, -0.05) is 29.8 Å². The van der Waals surface area contributed by atoms with Crippen LogP contribution in [0, 0.1) is 5.92 Å². The van der Waals surface area contributed by atoms with Gasteiger partial charge in [-0.15, -0.1) is 0 Å². The molecule has 24 heavy (non-hydrogen) atoms. The summed E-state index contributed by atoms with van der Waals surface area (Å²) >= 11 is 3.27. The third kappa shape index (κ3) is 5.27. The molecule has 1 unspecified atom stereocenters. The van der Waals surface area contributed by atoms with Crippen LogP contribution in [0.15, 0.2) is 33.6 Å². The number of halogens is 1. The van der Waals surface area contributed by atoms with Gasteiger partial charge in [0.2, 0.25) is 15.9 Å². The molecule has 1 heterocycles. The van der Waals surface area contributed by atoms with E-state index in [4.69, 9.17) is 4.74 Å². The zero-order valence-electron chi connectivity index (χ0n) is 13.8. The van der Waals surface area contributed by atoms with Crippen LogP contribution in [0.25, 0.3) is 0 Å². The highest BCUT2D eigenvalue weighted by molar-refractivity contribution is 9.10. The summed E-state index contributed by atoms with van der Waals surface area (Å²) in [6.07, 6.45) is 1.92. The first-order valence-electron chi connectivity index (χ1n) is 7.97. The van der Waals surface area contributed by atoms with E-state index < -0.39 is 16.1 Å².